The molecule has 2 fully saturated rings. The Kier molecular flexibility index (Phi) is 6.71. The van der Waals surface area contributed by atoms with Gasteiger partial charge in [-0.25, -0.2) is 8.78 Å². The molecule has 2 aliphatic heterocycles. The number of piperidine rings is 1. The van der Waals surface area contributed by atoms with Crippen LogP contribution in [0.2, 0.25) is 0 Å². The van der Waals surface area contributed by atoms with Gasteiger partial charge in [0.2, 0.25) is 0 Å². The lowest BCUT2D eigenvalue weighted by atomic mass is 9.81. The molecule has 5 nitrogen and oxygen atoms in total. The van der Waals surface area contributed by atoms with E-state index in [1.165, 1.54) is 17.7 Å². The van der Waals surface area contributed by atoms with Crippen molar-refractivity contribution < 1.29 is 18.0 Å². The third kappa shape index (κ3) is 5.02. The monoisotopic (exact) mass is 479 g/mol. The Labute approximate surface area is 204 Å². The predicted molar refractivity (Wildman–Crippen MR) is 130 cm³/mol. The van der Waals surface area contributed by atoms with Crippen molar-refractivity contribution in [1.82, 2.24) is 14.7 Å². The topological polar surface area (TPSA) is 39.9 Å². The van der Waals surface area contributed by atoms with Crippen LogP contribution < -0.4 is 0 Å². The second-order valence-corrected chi connectivity index (χ2v) is 9.97. The van der Waals surface area contributed by atoms with Crippen LogP contribution in [0.5, 0.6) is 0 Å². The van der Waals surface area contributed by atoms with E-state index in [0.29, 0.717) is 25.4 Å². The molecule has 2 saturated heterocycles. The number of nitrogens with zero attached hydrogens (tertiary/aromatic N) is 3. The second kappa shape index (κ2) is 9.91. The normalized spacial score (nSPS) is 22.5. The summed E-state index contributed by atoms with van der Waals surface area (Å²) in [5.74, 6) is -0.539. The Hall–Kier alpha value is -3.03. The molecule has 1 aromatic heterocycles. The number of benzene rings is 2. The lowest BCUT2D eigenvalue weighted by molar-refractivity contribution is 0.0551. The summed E-state index contributed by atoms with van der Waals surface area (Å²) in [7, 11) is 3.91. The second-order valence-electron chi connectivity index (χ2n) is 9.97. The van der Waals surface area contributed by atoms with Crippen molar-refractivity contribution in [2.24, 2.45) is 5.92 Å². The van der Waals surface area contributed by atoms with Gasteiger partial charge in [-0.1, -0.05) is 36.4 Å². The molecule has 0 spiro atoms. The van der Waals surface area contributed by atoms with Crippen molar-refractivity contribution in [3.05, 3.63) is 94.9 Å². The van der Waals surface area contributed by atoms with Gasteiger partial charge in [-0.3, -0.25) is 9.69 Å². The van der Waals surface area contributed by atoms with Gasteiger partial charge in [-0.2, -0.15) is 0 Å². The molecule has 0 bridgehead atoms. The first-order valence-corrected chi connectivity index (χ1v) is 12.1. The highest BCUT2D eigenvalue weighted by Crippen LogP contribution is 2.42. The Morgan fingerprint density at radius 1 is 1.03 bits per heavy atom. The lowest BCUT2D eigenvalue weighted by Gasteiger charge is -2.39. The maximum absolute atomic E-state index is 14.2. The van der Waals surface area contributed by atoms with Crippen LogP contribution in [-0.2, 0) is 13.1 Å². The average Bonchev–Trinajstić information content (AvgIpc) is 3.45. The molecule has 2 aliphatic rings. The first kappa shape index (κ1) is 23.7. The smallest absolute Gasteiger partial charge is 0.289 e. The van der Waals surface area contributed by atoms with Gasteiger partial charge in [0.25, 0.3) is 5.91 Å². The summed E-state index contributed by atoms with van der Waals surface area (Å²) in [6.45, 7) is 3.36. The number of fused-ring (bicyclic) bond motifs is 1. The van der Waals surface area contributed by atoms with Gasteiger partial charge in [-0.05, 0) is 55.9 Å². The summed E-state index contributed by atoms with van der Waals surface area (Å²) >= 11 is 0. The molecule has 3 atom stereocenters. The highest BCUT2D eigenvalue weighted by atomic mass is 19.2. The molecule has 3 heterocycles. The molecular weight excluding hydrogens is 448 g/mol. The third-order valence-electron chi connectivity index (χ3n) is 7.27. The predicted octanol–water partition coefficient (Wildman–Crippen LogP) is 4.75. The minimum absolute atomic E-state index is 0.00955. The highest BCUT2D eigenvalue weighted by molar-refractivity contribution is 5.91. The Balaban J connectivity index is 1.38. The Morgan fingerprint density at radius 2 is 1.83 bits per heavy atom. The maximum atomic E-state index is 14.2. The minimum atomic E-state index is -0.837. The summed E-state index contributed by atoms with van der Waals surface area (Å²) in [5.41, 5.74) is 2.01. The van der Waals surface area contributed by atoms with Crippen LogP contribution in [0.3, 0.4) is 0 Å². The van der Waals surface area contributed by atoms with E-state index in [2.05, 4.69) is 17.0 Å². The third-order valence-corrected chi connectivity index (χ3v) is 7.27. The molecule has 0 unspecified atom stereocenters. The first-order chi connectivity index (χ1) is 16.9. The zero-order valence-electron chi connectivity index (χ0n) is 20.2. The number of furan rings is 1. The average molecular weight is 480 g/mol. The summed E-state index contributed by atoms with van der Waals surface area (Å²) in [6.07, 6.45) is 0.828. The number of likely N-dealkylation sites (tertiary alicyclic amines) is 2. The molecule has 2 aromatic carbocycles. The summed E-state index contributed by atoms with van der Waals surface area (Å²) in [4.78, 5) is 19.6. The molecule has 0 N–H and O–H groups in total. The largest absolute Gasteiger partial charge is 0.455 e. The van der Waals surface area contributed by atoms with Crippen molar-refractivity contribution in [2.45, 2.75) is 31.5 Å². The quantitative estimate of drug-likeness (QED) is 0.512. The van der Waals surface area contributed by atoms with E-state index < -0.39 is 11.6 Å². The lowest BCUT2D eigenvalue weighted by Crippen LogP contribution is -2.48. The van der Waals surface area contributed by atoms with Crippen molar-refractivity contribution in [3.8, 4) is 0 Å². The number of halogens is 2. The van der Waals surface area contributed by atoms with Crippen LogP contribution in [0.4, 0.5) is 8.78 Å². The molecule has 5 rings (SSSR count). The Bertz CT molecular complexity index is 1180. The van der Waals surface area contributed by atoms with E-state index in [1.54, 1.807) is 12.1 Å². The van der Waals surface area contributed by atoms with E-state index in [-0.39, 0.29) is 23.8 Å². The molecule has 184 valence electrons. The van der Waals surface area contributed by atoms with Crippen LogP contribution in [0, 0.1) is 17.6 Å². The highest BCUT2D eigenvalue weighted by Gasteiger charge is 2.46. The number of hydrogen-bond acceptors (Lipinski definition) is 4. The summed E-state index contributed by atoms with van der Waals surface area (Å²) in [6, 6.07) is 18.4. The van der Waals surface area contributed by atoms with Crippen LogP contribution in [-0.4, -0.2) is 60.4 Å². The fraction of sp³-hybridized carbons (Fsp3) is 0.393. The zero-order valence-corrected chi connectivity index (χ0v) is 20.2. The summed E-state index contributed by atoms with van der Waals surface area (Å²) in [5, 5.41) is 0. The molecular formula is C28H31F2N3O2. The van der Waals surface area contributed by atoms with Gasteiger partial charge < -0.3 is 14.2 Å². The van der Waals surface area contributed by atoms with Gasteiger partial charge in [0.05, 0.1) is 6.54 Å². The number of rotatable bonds is 6. The molecule has 0 radical (unpaired) electrons. The Morgan fingerprint density at radius 3 is 2.57 bits per heavy atom. The number of carbonyl (C=O) groups excluding carboxylic acids is 1. The van der Waals surface area contributed by atoms with Gasteiger partial charge in [0.15, 0.2) is 17.4 Å². The van der Waals surface area contributed by atoms with E-state index in [0.717, 1.165) is 30.8 Å². The van der Waals surface area contributed by atoms with Crippen molar-refractivity contribution in [2.75, 3.05) is 33.7 Å². The van der Waals surface area contributed by atoms with E-state index >= 15 is 0 Å². The molecule has 35 heavy (non-hydrogen) atoms. The van der Waals surface area contributed by atoms with E-state index in [9.17, 15) is 13.6 Å². The minimum Gasteiger partial charge on any atom is -0.455 e. The van der Waals surface area contributed by atoms with Crippen molar-refractivity contribution in [3.63, 3.8) is 0 Å². The van der Waals surface area contributed by atoms with E-state index in [1.807, 2.05) is 48.2 Å². The number of carbonyl (C=O) groups is 1. The maximum Gasteiger partial charge on any atom is 0.289 e. The van der Waals surface area contributed by atoms with Crippen molar-refractivity contribution in [1.29, 1.82) is 0 Å². The van der Waals surface area contributed by atoms with Gasteiger partial charge in [-0.15, -0.1) is 0 Å². The van der Waals surface area contributed by atoms with Crippen LogP contribution in [0.15, 0.2) is 65.1 Å². The van der Waals surface area contributed by atoms with Crippen LogP contribution in [0.25, 0.3) is 0 Å². The fourth-order valence-corrected chi connectivity index (χ4v) is 5.67. The molecule has 0 aliphatic carbocycles. The van der Waals surface area contributed by atoms with Crippen LogP contribution in [0.1, 0.15) is 39.8 Å². The molecule has 7 heteroatoms. The molecule has 1 amide bonds. The molecule has 0 saturated carbocycles. The zero-order chi connectivity index (χ0) is 24.5. The first-order valence-electron chi connectivity index (χ1n) is 12.1. The van der Waals surface area contributed by atoms with Gasteiger partial charge >= 0.3 is 0 Å². The van der Waals surface area contributed by atoms with Crippen molar-refractivity contribution >= 4 is 5.91 Å². The van der Waals surface area contributed by atoms with Crippen LogP contribution >= 0.6 is 0 Å². The standard InChI is InChI=1S/C28H31F2N3O2/c1-31(2)16-21-9-11-27(35-21)28(34)32-13-12-26-23(18-32)22(20-8-10-24(29)25(30)14-20)17-33(26)15-19-6-4-3-5-7-19/h3-11,14,22-23,26H,12-13,15-18H2,1-2H3/t22-,23-,26-/m1/s1. The molecule has 3 aromatic rings. The summed E-state index contributed by atoms with van der Waals surface area (Å²) < 4.78 is 33.6. The SMILES string of the molecule is CN(C)Cc1ccc(C(=O)N2CC[C@@H]3[C@H](C2)[C@@H](c2ccc(F)c(F)c2)CN3Cc2ccccc2)o1. The van der Waals surface area contributed by atoms with Gasteiger partial charge in [0.1, 0.15) is 5.76 Å². The van der Waals surface area contributed by atoms with Gasteiger partial charge in [0, 0.05) is 44.1 Å². The number of amides is 1. The van der Waals surface area contributed by atoms with E-state index in [4.69, 9.17) is 4.42 Å². The fourth-order valence-electron chi connectivity index (χ4n) is 5.67. The number of hydrogen-bond donors (Lipinski definition) is 0.